The molecule has 4 rings (SSSR count). The van der Waals surface area contributed by atoms with Crippen molar-refractivity contribution in [2.75, 3.05) is 37.9 Å². The van der Waals surface area contributed by atoms with Crippen LogP contribution in [0.3, 0.4) is 0 Å². The normalized spacial score (nSPS) is 15.4. The van der Waals surface area contributed by atoms with Crippen molar-refractivity contribution in [1.82, 2.24) is 20.3 Å². The minimum atomic E-state index is -0.560. The van der Waals surface area contributed by atoms with Gasteiger partial charge in [-0.1, -0.05) is 32.9 Å². The number of hydrogen-bond acceptors (Lipinski definition) is 10. The van der Waals surface area contributed by atoms with Crippen molar-refractivity contribution < 1.29 is 23.4 Å². The molecule has 0 spiro atoms. The molecule has 2 aromatic heterocycles. The number of nitrogens with one attached hydrogen (secondary N) is 3. The third-order valence-electron chi connectivity index (χ3n) is 6.10. The van der Waals surface area contributed by atoms with Crippen LogP contribution in [-0.4, -0.2) is 54.2 Å². The molecule has 3 aromatic rings. The molecule has 11 nitrogen and oxygen atoms in total. The Balaban J connectivity index is 1.48. The van der Waals surface area contributed by atoms with E-state index >= 15 is 0 Å². The highest BCUT2D eigenvalue weighted by Crippen LogP contribution is 2.34. The molecule has 37 heavy (non-hydrogen) atoms. The first-order chi connectivity index (χ1) is 17.7. The molecule has 198 valence electrons. The highest BCUT2D eigenvalue weighted by Gasteiger charge is 2.23. The molecule has 0 saturated carbocycles. The van der Waals surface area contributed by atoms with E-state index in [1.807, 2.05) is 19.1 Å². The zero-order valence-corrected chi connectivity index (χ0v) is 22.1. The van der Waals surface area contributed by atoms with E-state index in [1.165, 1.54) is 20.5 Å². The van der Waals surface area contributed by atoms with Crippen molar-refractivity contribution in [3.63, 3.8) is 0 Å². The maximum atomic E-state index is 13.0. The Morgan fingerprint density at radius 3 is 2.51 bits per heavy atom. The fourth-order valence-corrected chi connectivity index (χ4v) is 3.90. The Hall–Kier alpha value is -3.86. The van der Waals surface area contributed by atoms with E-state index in [1.54, 1.807) is 0 Å². The molecule has 1 aromatic carbocycles. The summed E-state index contributed by atoms with van der Waals surface area (Å²) in [7, 11) is 2.91. The summed E-state index contributed by atoms with van der Waals surface area (Å²) in [5, 5.41) is 9.30. The summed E-state index contributed by atoms with van der Waals surface area (Å²) in [6.07, 6.45) is 3.40. The lowest BCUT2D eigenvalue weighted by atomic mass is 9.86. The van der Waals surface area contributed by atoms with Crippen LogP contribution in [0.25, 0.3) is 0 Å². The van der Waals surface area contributed by atoms with Gasteiger partial charge in [-0.3, -0.25) is 4.79 Å². The molecule has 1 aliphatic rings. The van der Waals surface area contributed by atoms with E-state index in [0.717, 1.165) is 30.5 Å². The standard InChI is InChI=1S/C26H34N6O5/c1-15-9-10-16(26(2,3)4)12-19(15)37-25-29-18(14-36-25)21(33)30-20-22(34-5)31-24(32-23(20)35-6)28-13-17-8-7-11-27-17/h9-10,12,14,17,27H,7-8,11,13H2,1-6H3,(H,30,33)(H,28,31,32). The molecule has 3 N–H and O–H groups in total. The van der Waals surface area contributed by atoms with Gasteiger partial charge in [0.25, 0.3) is 5.91 Å². The average Bonchev–Trinajstić information content (AvgIpc) is 3.56. The van der Waals surface area contributed by atoms with Gasteiger partial charge in [-0.25, -0.2) is 0 Å². The number of anilines is 2. The van der Waals surface area contributed by atoms with Crippen molar-refractivity contribution in [1.29, 1.82) is 0 Å². The number of oxazole rings is 1. The second-order valence-electron chi connectivity index (χ2n) is 9.90. The van der Waals surface area contributed by atoms with E-state index in [4.69, 9.17) is 18.6 Å². The number of aryl methyl sites for hydroxylation is 1. The van der Waals surface area contributed by atoms with Gasteiger partial charge in [0.15, 0.2) is 11.4 Å². The maximum absolute atomic E-state index is 13.0. The molecule has 1 saturated heterocycles. The number of methoxy groups -OCH3 is 2. The van der Waals surface area contributed by atoms with Crippen LogP contribution in [0.2, 0.25) is 0 Å². The van der Waals surface area contributed by atoms with E-state index in [-0.39, 0.29) is 34.6 Å². The van der Waals surface area contributed by atoms with Crippen LogP contribution in [0.4, 0.5) is 11.6 Å². The van der Waals surface area contributed by atoms with Crippen molar-refractivity contribution in [2.24, 2.45) is 0 Å². The van der Waals surface area contributed by atoms with Gasteiger partial charge >= 0.3 is 6.08 Å². The van der Waals surface area contributed by atoms with Gasteiger partial charge in [-0.15, -0.1) is 0 Å². The molecular formula is C26H34N6O5. The molecule has 1 amide bonds. The second kappa shape index (κ2) is 11.0. The molecular weight excluding hydrogens is 476 g/mol. The summed E-state index contributed by atoms with van der Waals surface area (Å²) in [5.74, 6) is 0.683. The van der Waals surface area contributed by atoms with Crippen LogP contribution in [-0.2, 0) is 5.41 Å². The number of rotatable bonds is 9. The highest BCUT2D eigenvalue weighted by atomic mass is 16.6. The monoisotopic (exact) mass is 510 g/mol. The molecule has 0 bridgehead atoms. The first kappa shape index (κ1) is 26.2. The van der Waals surface area contributed by atoms with Crippen molar-refractivity contribution in [2.45, 2.75) is 52.0 Å². The van der Waals surface area contributed by atoms with E-state index in [2.05, 4.69) is 57.7 Å². The first-order valence-electron chi connectivity index (χ1n) is 12.2. The maximum Gasteiger partial charge on any atom is 0.399 e. The van der Waals surface area contributed by atoms with Crippen LogP contribution in [0.1, 0.15) is 55.2 Å². The third kappa shape index (κ3) is 6.29. The Kier molecular flexibility index (Phi) is 7.82. The number of nitrogens with zero attached hydrogens (tertiary/aromatic N) is 3. The van der Waals surface area contributed by atoms with E-state index in [0.29, 0.717) is 24.3 Å². The molecule has 1 aliphatic heterocycles. The zero-order chi connectivity index (χ0) is 26.6. The van der Waals surface area contributed by atoms with Crippen LogP contribution >= 0.6 is 0 Å². The van der Waals surface area contributed by atoms with Crippen molar-refractivity contribution in [3.8, 4) is 23.6 Å². The predicted molar refractivity (Wildman–Crippen MR) is 139 cm³/mol. The van der Waals surface area contributed by atoms with Gasteiger partial charge < -0.3 is 34.6 Å². The van der Waals surface area contributed by atoms with Gasteiger partial charge in [0.1, 0.15) is 12.0 Å². The summed E-state index contributed by atoms with van der Waals surface area (Å²) in [6.45, 7) is 9.96. The SMILES string of the molecule is COc1nc(NCC2CCCN2)nc(OC)c1NC(=O)c1coc(Oc2cc(C(C)(C)C)ccc2C)n1. The minimum absolute atomic E-state index is 0.0123. The number of carbonyl (C=O) groups is 1. The van der Waals surface area contributed by atoms with E-state index < -0.39 is 5.91 Å². The van der Waals surface area contributed by atoms with Crippen molar-refractivity contribution >= 4 is 17.5 Å². The fraction of sp³-hybridized carbons (Fsp3) is 0.462. The average molecular weight is 511 g/mol. The topological polar surface area (TPSA) is 133 Å². The smallest absolute Gasteiger partial charge is 0.399 e. The van der Waals surface area contributed by atoms with Crippen LogP contribution in [0.5, 0.6) is 23.6 Å². The third-order valence-corrected chi connectivity index (χ3v) is 6.10. The second-order valence-corrected chi connectivity index (χ2v) is 9.90. The first-order valence-corrected chi connectivity index (χ1v) is 12.2. The summed E-state index contributed by atoms with van der Waals surface area (Å²) < 4.78 is 22.1. The lowest BCUT2D eigenvalue weighted by Crippen LogP contribution is -2.29. The number of ether oxygens (including phenoxy) is 3. The van der Waals surface area contributed by atoms with Crippen LogP contribution in [0.15, 0.2) is 28.9 Å². The summed E-state index contributed by atoms with van der Waals surface area (Å²) in [6, 6.07) is 6.34. The number of amides is 1. The van der Waals surface area contributed by atoms with Gasteiger partial charge in [0.05, 0.1) is 14.2 Å². The molecule has 1 atom stereocenters. The zero-order valence-electron chi connectivity index (χ0n) is 22.1. The number of aromatic nitrogens is 3. The van der Waals surface area contributed by atoms with Gasteiger partial charge in [-0.2, -0.15) is 15.0 Å². The van der Waals surface area contributed by atoms with Crippen LogP contribution in [0, 0.1) is 6.92 Å². The Morgan fingerprint density at radius 2 is 1.89 bits per heavy atom. The summed E-state index contributed by atoms with van der Waals surface area (Å²) in [4.78, 5) is 25.9. The van der Waals surface area contributed by atoms with Crippen LogP contribution < -0.4 is 30.2 Å². The molecule has 0 aliphatic carbocycles. The number of benzene rings is 1. The predicted octanol–water partition coefficient (Wildman–Crippen LogP) is 4.30. The molecule has 1 fully saturated rings. The van der Waals surface area contributed by atoms with E-state index in [9.17, 15) is 4.79 Å². The van der Waals surface area contributed by atoms with Gasteiger partial charge in [-0.05, 0) is 48.9 Å². The Labute approximate surface area is 216 Å². The van der Waals surface area contributed by atoms with Gasteiger partial charge in [0, 0.05) is 12.6 Å². The largest absolute Gasteiger partial charge is 0.479 e. The minimum Gasteiger partial charge on any atom is -0.479 e. The lowest BCUT2D eigenvalue weighted by molar-refractivity contribution is 0.102. The highest BCUT2D eigenvalue weighted by molar-refractivity contribution is 6.04. The quantitative estimate of drug-likeness (QED) is 0.383. The number of carbonyl (C=O) groups excluding carboxylic acids is 1. The molecule has 3 heterocycles. The van der Waals surface area contributed by atoms with Crippen molar-refractivity contribution in [3.05, 3.63) is 41.3 Å². The molecule has 0 radical (unpaired) electrons. The Morgan fingerprint density at radius 1 is 1.16 bits per heavy atom. The Bertz CT molecular complexity index is 1220. The summed E-state index contributed by atoms with van der Waals surface area (Å²) in [5.41, 5.74) is 2.17. The number of hydrogen-bond donors (Lipinski definition) is 3. The fourth-order valence-electron chi connectivity index (χ4n) is 3.90. The lowest BCUT2D eigenvalue weighted by Gasteiger charge is -2.20. The summed E-state index contributed by atoms with van der Waals surface area (Å²) >= 11 is 0. The molecule has 1 unspecified atom stereocenters. The van der Waals surface area contributed by atoms with Gasteiger partial charge in [0.2, 0.25) is 17.7 Å². The molecule has 11 heteroatoms.